The molecule has 0 fully saturated rings. The topological polar surface area (TPSA) is 58.2 Å². The van der Waals surface area contributed by atoms with Gasteiger partial charge in [0.05, 0.1) is 6.26 Å². The van der Waals surface area contributed by atoms with Gasteiger partial charge in [0.25, 0.3) is 0 Å². The Morgan fingerprint density at radius 1 is 1.04 bits per heavy atom. The highest BCUT2D eigenvalue weighted by atomic mass is 32.2. The molecule has 0 aliphatic rings. The van der Waals surface area contributed by atoms with Crippen molar-refractivity contribution in [2.45, 2.75) is 19.5 Å². The van der Waals surface area contributed by atoms with E-state index in [9.17, 15) is 17.2 Å². The van der Waals surface area contributed by atoms with Crippen molar-refractivity contribution < 1.29 is 17.2 Å². The molecule has 1 atom stereocenters. The van der Waals surface area contributed by atoms with Gasteiger partial charge >= 0.3 is 0 Å². The average molecular weight is 340 g/mol. The third-order valence-corrected chi connectivity index (χ3v) is 3.99. The van der Waals surface area contributed by atoms with Crippen molar-refractivity contribution in [3.05, 3.63) is 65.2 Å². The summed E-state index contributed by atoms with van der Waals surface area (Å²) in [6.45, 7) is 2.06. The smallest absolute Gasteiger partial charge is 0.209 e. The molecule has 0 saturated heterocycles. The Bertz CT molecular complexity index is 777. The van der Waals surface area contributed by atoms with Gasteiger partial charge in [0.1, 0.15) is 0 Å². The highest BCUT2D eigenvalue weighted by molar-refractivity contribution is 7.88. The van der Waals surface area contributed by atoms with Crippen LogP contribution in [0.4, 0.5) is 14.5 Å². The minimum atomic E-state index is -3.23. The molecule has 2 rings (SSSR count). The Hall–Kier alpha value is -1.99. The lowest BCUT2D eigenvalue weighted by atomic mass is 10.1. The Kier molecular flexibility index (Phi) is 5.33. The van der Waals surface area contributed by atoms with Crippen molar-refractivity contribution >= 4 is 15.7 Å². The van der Waals surface area contributed by atoms with Crippen LogP contribution >= 0.6 is 0 Å². The summed E-state index contributed by atoms with van der Waals surface area (Å²) in [4.78, 5) is 0. The van der Waals surface area contributed by atoms with Crippen molar-refractivity contribution in [1.82, 2.24) is 4.72 Å². The molecule has 0 radical (unpaired) electrons. The van der Waals surface area contributed by atoms with Gasteiger partial charge in [-0.25, -0.2) is 21.9 Å². The zero-order valence-corrected chi connectivity index (χ0v) is 13.6. The van der Waals surface area contributed by atoms with E-state index in [1.54, 1.807) is 24.3 Å². The molecule has 124 valence electrons. The summed E-state index contributed by atoms with van der Waals surface area (Å²) in [6, 6.07) is 10.8. The average Bonchev–Trinajstić information content (AvgIpc) is 2.48. The monoisotopic (exact) mass is 340 g/mol. The highest BCUT2D eigenvalue weighted by Gasteiger charge is 2.09. The zero-order chi connectivity index (χ0) is 17.0. The second-order valence-electron chi connectivity index (χ2n) is 5.33. The van der Waals surface area contributed by atoms with Crippen molar-refractivity contribution in [1.29, 1.82) is 0 Å². The number of hydrogen-bond donors (Lipinski definition) is 2. The number of sulfonamides is 1. The molecule has 0 spiro atoms. The quantitative estimate of drug-likeness (QED) is 0.849. The minimum Gasteiger partial charge on any atom is -0.379 e. The van der Waals surface area contributed by atoms with E-state index in [0.717, 1.165) is 29.6 Å². The van der Waals surface area contributed by atoms with E-state index >= 15 is 0 Å². The molecule has 7 heteroatoms. The van der Waals surface area contributed by atoms with Crippen molar-refractivity contribution in [2.75, 3.05) is 11.6 Å². The van der Waals surface area contributed by atoms with Crippen LogP contribution in [0.2, 0.25) is 0 Å². The first-order valence-electron chi connectivity index (χ1n) is 6.99. The van der Waals surface area contributed by atoms with E-state index in [4.69, 9.17) is 0 Å². The summed E-state index contributed by atoms with van der Waals surface area (Å²) in [5.41, 5.74) is 2.25. The van der Waals surface area contributed by atoms with Crippen LogP contribution in [-0.4, -0.2) is 14.7 Å². The van der Waals surface area contributed by atoms with Crippen LogP contribution < -0.4 is 10.0 Å². The number of benzene rings is 2. The Morgan fingerprint density at radius 2 is 1.70 bits per heavy atom. The summed E-state index contributed by atoms with van der Waals surface area (Å²) in [6.07, 6.45) is 1.10. The lowest BCUT2D eigenvalue weighted by Gasteiger charge is -2.16. The third kappa shape index (κ3) is 5.30. The van der Waals surface area contributed by atoms with Gasteiger partial charge in [-0.05, 0) is 42.3 Å². The second-order valence-corrected chi connectivity index (χ2v) is 7.16. The summed E-state index contributed by atoms with van der Waals surface area (Å²) >= 11 is 0. The zero-order valence-electron chi connectivity index (χ0n) is 12.8. The Morgan fingerprint density at radius 3 is 2.26 bits per heavy atom. The maximum atomic E-state index is 13.3. The standard InChI is InChI=1S/C16H18F2N2O2S/c1-11(13-5-8-15(17)16(18)9-13)20-14-6-3-12(4-7-14)10-19-23(2,21)22/h3-9,11,19-20H,10H2,1-2H3. The van der Waals surface area contributed by atoms with Crippen LogP contribution in [0.25, 0.3) is 0 Å². The summed E-state index contributed by atoms with van der Waals surface area (Å²) < 4.78 is 50.7. The fourth-order valence-electron chi connectivity index (χ4n) is 2.05. The molecule has 0 saturated carbocycles. The van der Waals surface area contributed by atoms with Crippen LogP contribution in [0.15, 0.2) is 42.5 Å². The predicted octanol–water partition coefficient (Wildman–Crippen LogP) is 3.19. The fraction of sp³-hybridized carbons (Fsp3) is 0.250. The minimum absolute atomic E-state index is 0.204. The molecule has 0 aliphatic carbocycles. The SMILES string of the molecule is CC(Nc1ccc(CNS(C)(=O)=O)cc1)c1ccc(F)c(F)c1. The molecule has 0 heterocycles. The molecular formula is C16H18F2N2O2S. The first-order chi connectivity index (χ1) is 10.7. The van der Waals surface area contributed by atoms with Gasteiger partial charge in [-0.3, -0.25) is 0 Å². The second kappa shape index (κ2) is 7.06. The Labute approximate surface area is 134 Å². The van der Waals surface area contributed by atoms with Gasteiger partial charge in [-0.1, -0.05) is 18.2 Å². The first kappa shape index (κ1) is 17.4. The summed E-state index contributed by atoms with van der Waals surface area (Å²) in [5, 5.41) is 3.18. The van der Waals surface area contributed by atoms with E-state index in [0.29, 0.717) is 5.56 Å². The van der Waals surface area contributed by atoms with Crippen LogP contribution in [0, 0.1) is 11.6 Å². The highest BCUT2D eigenvalue weighted by Crippen LogP contribution is 2.21. The van der Waals surface area contributed by atoms with E-state index in [-0.39, 0.29) is 12.6 Å². The van der Waals surface area contributed by atoms with Gasteiger partial charge in [-0.15, -0.1) is 0 Å². The van der Waals surface area contributed by atoms with Gasteiger partial charge in [0.2, 0.25) is 10.0 Å². The van der Waals surface area contributed by atoms with Gasteiger partial charge in [0, 0.05) is 18.3 Å². The number of hydrogen-bond acceptors (Lipinski definition) is 3. The normalized spacial score (nSPS) is 12.9. The predicted molar refractivity (Wildman–Crippen MR) is 86.5 cm³/mol. The molecule has 2 aromatic rings. The summed E-state index contributed by atoms with van der Waals surface area (Å²) in [5.74, 6) is -1.75. The molecule has 2 N–H and O–H groups in total. The molecule has 2 aromatic carbocycles. The lowest BCUT2D eigenvalue weighted by Crippen LogP contribution is -2.21. The van der Waals surface area contributed by atoms with Gasteiger partial charge in [-0.2, -0.15) is 0 Å². The van der Waals surface area contributed by atoms with Gasteiger partial charge < -0.3 is 5.32 Å². The van der Waals surface area contributed by atoms with Crippen LogP contribution in [0.1, 0.15) is 24.1 Å². The number of nitrogens with one attached hydrogen (secondary N) is 2. The molecule has 1 unspecified atom stereocenters. The largest absolute Gasteiger partial charge is 0.379 e. The molecule has 4 nitrogen and oxygen atoms in total. The van der Waals surface area contributed by atoms with E-state index < -0.39 is 21.7 Å². The molecule has 23 heavy (non-hydrogen) atoms. The maximum Gasteiger partial charge on any atom is 0.209 e. The van der Waals surface area contributed by atoms with E-state index in [1.165, 1.54) is 6.07 Å². The van der Waals surface area contributed by atoms with Crippen LogP contribution in [0.5, 0.6) is 0 Å². The number of anilines is 1. The molecule has 0 bridgehead atoms. The van der Waals surface area contributed by atoms with Crippen LogP contribution in [0.3, 0.4) is 0 Å². The molecule has 0 aliphatic heterocycles. The molecule has 0 aromatic heterocycles. The van der Waals surface area contributed by atoms with Gasteiger partial charge in [0.15, 0.2) is 11.6 Å². The lowest BCUT2D eigenvalue weighted by molar-refractivity contribution is 0.506. The van der Waals surface area contributed by atoms with Crippen molar-refractivity contribution in [3.63, 3.8) is 0 Å². The molecular weight excluding hydrogens is 322 g/mol. The van der Waals surface area contributed by atoms with Crippen LogP contribution in [-0.2, 0) is 16.6 Å². The maximum absolute atomic E-state index is 13.3. The van der Waals surface area contributed by atoms with E-state index in [2.05, 4.69) is 10.0 Å². The Balaban J connectivity index is 2.01. The number of halogens is 2. The van der Waals surface area contributed by atoms with E-state index in [1.807, 2.05) is 6.92 Å². The first-order valence-corrected chi connectivity index (χ1v) is 8.89. The summed E-state index contributed by atoms with van der Waals surface area (Å²) in [7, 11) is -3.23. The molecule has 0 amide bonds. The van der Waals surface area contributed by atoms with Crippen molar-refractivity contribution in [2.24, 2.45) is 0 Å². The third-order valence-electron chi connectivity index (χ3n) is 3.32. The fourth-order valence-corrected chi connectivity index (χ4v) is 2.48. The number of rotatable bonds is 6. The van der Waals surface area contributed by atoms with Crippen molar-refractivity contribution in [3.8, 4) is 0 Å².